The van der Waals surface area contributed by atoms with Crippen molar-refractivity contribution in [2.75, 3.05) is 0 Å². The average molecular weight is 287 g/mol. The Hall–Kier alpha value is -2.81. The highest BCUT2D eigenvalue weighted by molar-refractivity contribution is 5.90. The van der Waals surface area contributed by atoms with Crippen LogP contribution in [0.3, 0.4) is 0 Å². The van der Waals surface area contributed by atoms with Crippen LogP contribution in [0.25, 0.3) is 22.2 Å². The minimum Gasteiger partial charge on any atom is -0.354 e. The summed E-state index contributed by atoms with van der Waals surface area (Å²) in [7, 11) is 0. The van der Waals surface area contributed by atoms with Crippen molar-refractivity contribution in [2.24, 2.45) is 0 Å². The van der Waals surface area contributed by atoms with Crippen molar-refractivity contribution in [1.29, 1.82) is 0 Å². The molecule has 0 radical (unpaired) electrons. The SMILES string of the molecule is Cc1ccc(-c2[nH]c3ccccc3c2Cn2ccnc2)cc1. The number of H-pyrrole nitrogens is 1. The van der Waals surface area contributed by atoms with Crippen LogP contribution < -0.4 is 0 Å². The van der Waals surface area contributed by atoms with Gasteiger partial charge in [-0.25, -0.2) is 4.98 Å². The Labute approximate surface area is 129 Å². The highest BCUT2D eigenvalue weighted by Crippen LogP contribution is 2.31. The number of benzene rings is 2. The number of hydrogen-bond acceptors (Lipinski definition) is 1. The molecule has 22 heavy (non-hydrogen) atoms. The third kappa shape index (κ3) is 2.21. The molecule has 0 aliphatic rings. The van der Waals surface area contributed by atoms with Crippen molar-refractivity contribution in [3.05, 3.63) is 78.4 Å². The number of fused-ring (bicyclic) bond motifs is 1. The van der Waals surface area contributed by atoms with Crippen molar-refractivity contribution in [3.8, 4) is 11.3 Å². The summed E-state index contributed by atoms with van der Waals surface area (Å²) in [5.74, 6) is 0. The molecule has 2 aromatic heterocycles. The van der Waals surface area contributed by atoms with Crippen molar-refractivity contribution in [3.63, 3.8) is 0 Å². The number of aromatic nitrogens is 3. The first kappa shape index (κ1) is 12.9. The van der Waals surface area contributed by atoms with Gasteiger partial charge < -0.3 is 9.55 Å². The van der Waals surface area contributed by atoms with Crippen LogP contribution in [0.1, 0.15) is 11.1 Å². The van der Waals surface area contributed by atoms with Gasteiger partial charge in [-0.1, -0.05) is 48.0 Å². The summed E-state index contributed by atoms with van der Waals surface area (Å²) in [5, 5.41) is 1.27. The largest absolute Gasteiger partial charge is 0.354 e. The first-order chi connectivity index (χ1) is 10.8. The zero-order valence-corrected chi connectivity index (χ0v) is 12.5. The standard InChI is InChI=1S/C19H17N3/c1-14-6-8-15(9-7-14)19-17(12-22-11-10-20-13-22)16-4-2-3-5-18(16)21-19/h2-11,13,21H,12H2,1H3. The molecule has 0 saturated carbocycles. The second-order valence-electron chi connectivity index (χ2n) is 5.63. The molecule has 0 fully saturated rings. The van der Waals surface area contributed by atoms with Crippen LogP contribution >= 0.6 is 0 Å². The number of nitrogens with zero attached hydrogens (tertiary/aromatic N) is 2. The molecule has 4 aromatic rings. The third-order valence-corrected chi connectivity index (χ3v) is 4.05. The van der Waals surface area contributed by atoms with E-state index in [-0.39, 0.29) is 0 Å². The summed E-state index contributed by atoms with van der Waals surface area (Å²) in [5.41, 5.74) is 6.16. The molecule has 3 heteroatoms. The van der Waals surface area contributed by atoms with E-state index < -0.39 is 0 Å². The fourth-order valence-corrected chi connectivity index (χ4v) is 2.89. The van der Waals surface area contributed by atoms with E-state index in [0.717, 1.165) is 6.54 Å². The maximum atomic E-state index is 4.15. The summed E-state index contributed by atoms with van der Waals surface area (Å²) < 4.78 is 2.10. The molecular weight excluding hydrogens is 270 g/mol. The molecule has 0 spiro atoms. The molecule has 0 atom stereocenters. The number of para-hydroxylation sites is 1. The minimum atomic E-state index is 0.813. The van der Waals surface area contributed by atoms with E-state index in [9.17, 15) is 0 Å². The lowest BCUT2D eigenvalue weighted by Gasteiger charge is -2.07. The Balaban J connectivity index is 1.91. The third-order valence-electron chi connectivity index (χ3n) is 4.05. The van der Waals surface area contributed by atoms with Crippen LogP contribution in [-0.2, 0) is 6.54 Å². The Morgan fingerprint density at radius 2 is 1.86 bits per heavy atom. The van der Waals surface area contributed by atoms with E-state index in [1.165, 1.54) is 33.3 Å². The van der Waals surface area contributed by atoms with E-state index >= 15 is 0 Å². The lowest BCUT2D eigenvalue weighted by atomic mass is 10.0. The molecule has 2 aromatic carbocycles. The van der Waals surface area contributed by atoms with Crippen molar-refractivity contribution in [1.82, 2.24) is 14.5 Å². The number of hydrogen-bond donors (Lipinski definition) is 1. The molecule has 0 unspecified atom stereocenters. The number of rotatable bonds is 3. The van der Waals surface area contributed by atoms with Crippen LogP contribution in [0.2, 0.25) is 0 Å². The molecule has 0 saturated heterocycles. The zero-order chi connectivity index (χ0) is 14.9. The summed E-state index contributed by atoms with van der Waals surface area (Å²) in [6.07, 6.45) is 5.68. The Bertz CT molecular complexity index is 900. The fourth-order valence-electron chi connectivity index (χ4n) is 2.89. The maximum absolute atomic E-state index is 4.15. The van der Waals surface area contributed by atoms with Gasteiger partial charge in [0.25, 0.3) is 0 Å². The predicted molar refractivity (Wildman–Crippen MR) is 89.8 cm³/mol. The summed E-state index contributed by atoms with van der Waals surface area (Å²) in [4.78, 5) is 7.73. The van der Waals surface area contributed by atoms with Gasteiger partial charge >= 0.3 is 0 Å². The van der Waals surface area contributed by atoms with Gasteiger partial charge in [0.15, 0.2) is 0 Å². The lowest BCUT2D eigenvalue weighted by Crippen LogP contribution is -1.97. The molecule has 0 aliphatic carbocycles. The van der Waals surface area contributed by atoms with Crippen LogP contribution in [0, 0.1) is 6.92 Å². The van der Waals surface area contributed by atoms with E-state index in [4.69, 9.17) is 0 Å². The summed E-state index contributed by atoms with van der Waals surface area (Å²) in [6, 6.07) is 17.1. The molecule has 2 heterocycles. The van der Waals surface area contributed by atoms with Crippen molar-refractivity contribution < 1.29 is 0 Å². The molecule has 1 N–H and O–H groups in total. The molecular formula is C19H17N3. The minimum absolute atomic E-state index is 0.813. The average Bonchev–Trinajstić information content (AvgIpc) is 3.17. The lowest BCUT2D eigenvalue weighted by molar-refractivity contribution is 0.804. The van der Waals surface area contributed by atoms with Gasteiger partial charge in [0.2, 0.25) is 0 Å². The van der Waals surface area contributed by atoms with E-state index in [0.29, 0.717) is 0 Å². The van der Waals surface area contributed by atoms with Crippen LogP contribution in [0.4, 0.5) is 0 Å². The van der Waals surface area contributed by atoms with E-state index in [1.54, 1.807) is 0 Å². The smallest absolute Gasteiger partial charge is 0.0949 e. The molecule has 3 nitrogen and oxygen atoms in total. The van der Waals surface area contributed by atoms with Crippen molar-refractivity contribution in [2.45, 2.75) is 13.5 Å². The molecule has 0 bridgehead atoms. The van der Waals surface area contributed by atoms with E-state index in [2.05, 4.69) is 70.0 Å². The van der Waals surface area contributed by atoms with Crippen LogP contribution in [-0.4, -0.2) is 14.5 Å². The Morgan fingerprint density at radius 1 is 1.05 bits per heavy atom. The Morgan fingerprint density at radius 3 is 2.64 bits per heavy atom. The first-order valence-electron chi connectivity index (χ1n) is 7.43. The van der Waals surface area contributed by atoms with Gasteiger partial charge in [-0.05, 0) is 18.6 Å². The number of aromatic amines is 1. The fraction of sp³-hybridized carbons (Fsp3) is 0.105. The molecule has 4 rings (SSSR count). The highest BCUT2D eigenvalue weighted by Gasteiger charge is 2.13. The second-order valence-corrected chi connectivity index (χ2v) is 5.63. The van der Waals surface area contributed by atoms with Gasteiger partial charge in [0.1, 0.15) is 0 Å². The number of imidazole rings is 1. The first-order valence-corrected chi connectivity index (χ1v) is 7.43. The van der Waals surface area contributed by atoms with Gasteiger partial charge in [-0.2, -0.15) is 0 Å². The molecule has 108 valence electrons. The molecule has 0 amide bonds. The highest BCUT2D eigenvalue weighted by atomic mass is 15.0. The van der Waals surface area contributed by atoms with Gasteiger partial charge in [-0.3, -0.25) is 0 Å². The van der Waals surface area contributed by atoms with Crippen LogP contribution in [0.5, 0.6) is 0 Å². The Kier molecular flexibility index (Phi) is 3.04. The number of aryl methyl sites for hydroxylation is 1. The monoisotopic (exact) mass is 287 g/mol. The van der Waals surface area contributed by atoms with E-state index in [1.807, 2.05) is 18.7 Å². The maximum Gasteiger partial charge on any atom is 0.0949 e. The number of nitrogens with one attached hydrogen (secondary N) is 1. The normalized spacial score (nSPS) is 11.1. The topological polar surface area (TPSA) is 33.6 Å². The quantitative estimate of drug-likeness (QED) is 0.595. The van der Waals surface area contributed by atoms with Gasteiger partial charge in [0.05, 0.1) is 18.6 Å². The van der Waals surface area contributed by atoms with Gasteiger partial charge in [0, 0.05) is 28.9 Å². The summed E-state index contributed by atoms with van der Waals surface area (Å²) >= 11 is 0. The zero-order valence-electron chi connectivity index (χ0n) is 12.5. The predicted octanol–water partition coefficient (Wildman–Crippen LogP) is 4.39. The summed E-state index contributed by atoms with van der Waals surface area (Å²) in [6.45, 7) is 2.93. The van der Waals surface area contributed by atoms with Gasteiger partial charge in [-0.15, -0.1) is 0 Å². The van der Waals surface area contributed by atoms with Crippen molar-refractivity contribution >= 4 is 10.9 Å². The van der Waals surface area contributed by atoms with Crippen LogP contribution in [0.15, 0.2) is 67.3 Å². The molecule has 0 aliphatic heterocycles. The second kappa shape index (κ2) is 5.19.